The van der Waals surface area contributed by atoms with Gasteiger partial charge in [-0.1, -0.05) is 60.7 Å². The van der Waals surface area contributed by atoms with Crippen LogP contribution in [0.15, 0.2) is 90.1 Å². The molecule has 0 bridgehead atoms. The molecule has 0 spiro atoms. The number of halogens is 3. The van der Waals surface area contributed by atoms with E-state index in [1.54, 1.807) is 6.07 Å². The molecule has 2 aromatic carbocycles. The van der Waals surface area contributed by atoms with Crippen LogP contribution < -0.4 is 15.4 Å². The molecule has 9 nitrogen and oxygen atoms in total. The predicted octanol–water partition coefficient (Wildman–Crippen LogP) is 2.92. The average Bonchev–Trinajstić information content (AvgIpc) is 2.94. The first-order valence-electron chi connectivity index (χ1n) is 12.3. The predicted molar refractivity (Wildman–Crippen MR) is 141 cm³/mol. The van der Waals surface area contributed by atoms with Crippen molar-refractivity contribution in [2.75, 3.05) is 19.6 Å². The Kier molecular flexibility index (Phi) is 10.8. The van der Waals surface area contributed by atoms with Crippen molar-refractivity contribution < 1.29 is 36.3 Å². The number of piperidine rings is 1. The third-order valence-electron chi connectivity index (χ3n) is 6.11. The number of sulfonamides is 1. The number of hydrogen-bond acceptors (Lipinski definition) is 6. The highest BCUT2D eigenvalue weighted by Crippen LogP contribution is 2.24. The lowest BCUT2D eigenvalue weighted by Crippen LogP contribution is -2.52. The Hall–Kier alpha value is -3.81. The highest BCUT2D eigenvalue weighted by molar-refractivity contribution is 7.89. The summed E-state index contributed by atoms with van der Waals surface area (Å²) in [7, 11) is -3.69. The Balaban J connectivity index is 0.000000559. The van der Waals surface area contributed by atoms with Crippen LogP contribution in [0.1, 0.15) is 23.5 Å². The van der Waals surface area contributed by atoms with Crippen molar-refractivity contribution in [1.29, 1.82) is 0 Å². The van der Waals surface area contributed by atoms with Crippen molar-refractivity contribution in [2.24, 2.45) is 5.92 Å². The first kappa shape index (κ1) is 30.7. The van der Waals surface area contributed by atoms with Crippen LogP contribution in [0.2, 0.25) is 0 Å². The minimum absolute atomic E-state index is 0.0350. The Morgan fingerprint density at radius 1 is 0.975 bits per heavy atom. The fourth-order valence-corrected chi connectivity index (χ4v) is 5.38. The molecule has 2 atom stereocenters. The van der Waals surface area contributed by atoms with Crippen LogP contribution in [-0.4, -0.2) is 62.2 Å². The average molecular weight is 579 g/mol. The molecular weight excluding hydrogens is 549 g/mol. The number of aromatic nitrogens is 1. The van der Waals surface area contributed by atoms with Crippen LogP contribution in [0.3, 0.4) is 0 Å². The van der Waals surface area contributed by atoms with Crippen LogP contribution in [0.5, 0.6) is 0 Å². The van der Waals surface area contributed by atoms with Crippen LogP contribution in [0.4, 0.5) is 13.2 Å². The van der Waals surface area contributed by atoms with Crippen molar-refractivity contribution >= 4 is 21.9 Å². The number of benzene rings is 2. The number of carbonyl (C=O) groups excluding carboxylic acids is 1. The van der Waals surface area contributed by atoms with Gasteiger partial charge in [0.15, 0.2) is 0 Å². The first-order valence-corrected chi connectivity index (χ1v) is 13.8. The maximum atomic E-state index is 13.0. The summed E-state index contributed by atoms with van der Waals surface area (Å²) in [5.41, 5.74) is 2.26. The van der Waals surface area contributed by atoms with Gasteiger partial charge in [-0.2, -0.15) is 13.2 Å². The van der Waals surface area contributed by atoms with Crippen LogP contribution >= 0.6 is 0 Å². The molecule has 214 valence electrons. The second kappa shape index (κ2) is 14.0. The third kappa shape index (κ3) is 9.14. The lowest BCUT2D eigenvalue weighted by Gasteiger charge is -2.30. The molecule has 2 heterocycles. The molecule has 1 fully saturated rings. The van der Waals surface area contributed by atoms with Crippen molar-refractivity contribution in [3.63, 3.8) is 0 Å². The van der Waals surface area contributed by atoms with Gasteiger partial charge >= 0.3 is 12.1 Å². The van der Waals surface area contributed by atoms with E-state index in [1.165, 1.54) is 18.5 Å². The van der Waals surface area contributed by atoms with Gasteiger partial charge in [-0.25, -0.2) is 17.9 Å². The van der Waals surface area contributed by atoms with Crippen molar-refractivity contribution in [3.05, 3.63) is 96.3 Å². The van der Waals surface area contributed by atoms with E-state index < -0.39 is 22.2 Å². The highest BCUT2D eigenvalue weighted by atomic mass is 32.2. The number of carboxylic acid groups (broad SMARTS) is 1. The number of carbonyl (C=O) groups is 2. The Bertz CT molecular complexity index is 1310. The summed E-state index contributed by atoms with van der Waals surface area (Å²) in [6.45, 7) is 1.45. The fraction of sp³-hybridized carbons (Fsp3) is 0.296. The minimum Gasteiger partial charge on any atom is -0.475 e. The zero-order valence-corrected chi connectivity index (χ0v) is 22.0. The van der Waals surface area contributed by atoms with Crippen molar-refractivity contribution in [1.82, 2.24) is 20.3 Å². The van der Waals surface area contributed by atoms with Gasteiger partial charge in [0.05, 0.1) is 5.92 Å². The van der Waals surface area contributed by atoms with E-state index >= 15 is 0 Å². The molecule has 40 heavy (non-hydrogen) atoms. The second-order valence-electron chi connectivity index (χ2n) is 9.02. The summed E-state index contributed by atoms with van der Waals surface area (Å²) >= 11 is 0. The van der Waals surface area contributed by atoms with E-state index in [0.717, 1.165) is 11.1 Å². The zero-order valence-electron chi connectivity index (χ0n) is 21.2. The monoisotopic (exact) mass is 578 g/mol. The molecular formula is C27H29F3N4O5S. The van der Waals surface area contributed by atoms with Gasteiger partial charge in [-0.3, -0.25) is 9.78 Å². The molecule has 0 unspecified atom stereocenters. The van der Waals surface area contributed by atoms with E-state index in [0.29, 0.717) is 26.1 Å². The second-order valence-corrected chi connectivity index (χ2v) is 10.7. The zero-order chi connectivity index (χ0) is 29.2. The summed E-state index contributed by atoms with van der Waals surface area (Å²) in [5.74, 6) is -3.13. The Labute approximate surface area is 229 Å². The summed E-state index contributed by atoms with van der Waals surface area (Å²) in [6.07, 6.45) is -1.81. The number of nitrogens with zero attached hydrogens (tertiary/aromatic N) is 1. The quantitative estimate of drug-likeness (QED) is 0.323. The first-order chi connectivity index (χ1) is 19.0. The summed E-state index contributed by atoms with van der Waals surface area (Å²) in [6, 6.07) is 22.9. The molecule has 1 aliphatic heterocycles. The molecule has 0 aliphatic carbocycles. The molecule has 1 amide bonds. The molecule has 0 radical (unpaired) electrons. The van der Waals surface area contributed by atoms with Gasteiger partial charge in [0.25, 0.3) is 0 Å². The minimum atomic E-state index is -5.08. The maximum absolute atomic E-state index is 13.0. The van der Waals surface area contributed by atoms with Gasteiger partial charge in [-0.05, 0) is 29.7 Å². The van der Waals surface area contributed by atoms with Gasteiger partial charge in [-0.15, -0.1) is 0 Å². The number of alkyl halides is 3. The molecule has 3 aromatic rings. The van der Waals surface area contributed by atoms with Gasteiger partial charge in [0.1, 0.15) is 4.90 Å². The van der Waals surface area contributed by atoms with Gasteiger partial charge in [0, 0.05) is 44.0 Å². The van der Waals surface area contributed by atoms with Crippen LogP contribution in [0, 0.1) is 5.92 Å². The molecule has 4 rings (SSSR count). The number of carboxylic acids is 1. The number of hydrogen-bond donors (Lipinski definition) is 4. The molecule has 1 aromatic heterocycles. The summed E-state index contributed by atoms with van der Waals surface area (Å²) in [4.78, 5) is 25.9. The van der Waals surface area contributed by atoms with E-state index in [1.807, 2.05) is 36.4 Å². The largest absolute Gasteiger partial charge is 0.490 e. The fourth-order valence-electron chi connectivity index (χ4n) is 4.17. The van der Waals surface area contributed by atoms with Gasteiger partial charge in [0.2, 0.25) is 15.9 Å². The van der Waals surface area contributed by atoms with Crippen LogP contribution in [-0.2, 0) is 19.6 Å². The van der Waals surface area contributed by atoms with Crippen molar-refractivity contribution in [3.8, 4) is 0 Å². The molecule has 13 heteroatoms. The standard InChI is InChI=1S/C25H28N4O3S.C2HF3O2/c30-25(28-18-24(19-8-3-1-4-9-19)20-10-5-2-6-11-20)21-14-22(16-27-15-21)29-33(31,32)23-12-7-13-26-17-23;3-2(4,5)1(6)7/h1-13,17,21-22,24,27,29H,14-16,18H2,(H,28,30);(H,6,7)/t21-,22+;/m0./s1. The lowest BCUT2D eigenvalue weighted by atomic mass is 9.90. The normalized spacial score (nSPS) is 17.4. The van der Waals surface area contributed by atoms with E-state index in [2.05, 4.69) is 44.6 Å². The highest BCUT2D eigenvalue weighted by Gasteiger charge is 2.38. The lowest BCUT2D eigenvalue weighted by molar-refractivity contribution is -0.192. The van der Waals surface area contributed by atoms with Crippen molar-refractivity contribution in [2.45, 2.75) is 29.5 Å². The summed E-state index contributed by atoms with van der Waals surface area (Å²) in [5, 5.41) is 13.4. The number of aliphatic carboxylic acids is 1. The van der Waals surface area contributed by atoms with E-state index in [9.17, 15) is 26.4 Å². The topological polar surface area (TPSA) is 137 Å². The number of rotatable bonds is 8. The summed E-state index contributed by atoms with van der Waals surface area (Å²) < 4.78 is 59.7. The molecule has 1 aliphatic rings. The van der Waals surface area contributed by atoms with Gasteiger partial charge < -0.3 is 15.7 Å². The SMILES string of the molecule is O=C(NCC(c1ccccc1)c1ccccc1)[C@@H]1CNC[C@H](NS(=O)(=O)c2cccnc2)C1.O=C(O)C(F)(F)F. The third-order valence-corrected chi connectivity index (χ3v) is 7.62. The van der Waals surface area contributed by atoms with Crippen LogP contribution in [0.25, 0.3) is 0 Å². The molecule has 0 saturated carbocycles. The maximum Gasteiger partial charge on any atom is 0.490 e. The smallest absolute Gasteiger partial charge is 0.475 e. The number of nitrogens with one attached hydrogen (secondary N) is 3. The Morgan fingerprint density at radius 2 is 1.55 bits per heavy atom. The van der Waals surface area contributed by atoms with E-state index in [-0.39, 0.29) is 28.7 Å². The Morgan fingerprint density at radius 3 is 2.05 bits per heavy atom. The number of amides is 1. The van der Waals surface area contributed by atoms with E-state index in [4.69, 9.17) is 9.90 Å². The molecule has 4 N–H and O–H groups in total. The molecule has 1 saturated heterocycles. The number of pyridine rings is 1.